The van der Waals surface area contributed by atoms with Gasteiger partial charge in [-0.3, -0.25) is 9.59 Å². The lowest BCUT2D eigenvalue weighted by atomic mass is 10.1. The summed E-state index contributed by atoms with van der Waals surface area (Å²) in [6, 6.07) is 24.7. The van der Waals surface area contributed by atoms with Crippen LogP contribution in [0.5, 0.6) is 0 Å². The predicted octanol–water partition coefficient (Wildman–Crippen LogP) is 5.51. The van der Waals surface area contributed by atoms with Crippen LogP contribution in [0.25, 0.3) is 0 Å². The van der Waals surface area contributed by atoms with E-state index >= 15 is 0 Å². The van der Waals surface area contributed by atoms with E-state index in [-0.39, 0.29) is 17.1 Å². The monoisotopic (exact) mass is 404 g/mol. The molecule has 3 rings (SSSR count). The molecule has 0 bridgehead atoms. The molecule has 2 amide bonds. The van der Waals surface area contributed by atoms with Gasteiger partial charge in [-0.1, -0.05) is 54.6 Å². The Kier molecular flexibility index (Phi) is 7.09. The zero-order chi connectivity index (χ0) is 20.6. The van der Waals surface area contributed by atoms with Gasteiger partial charge < -0.3 is 10.6 Å². The molecule has 2 N–H and O–H groups in total. The lowest BCUT2D eigenvalue weighted by Gasteiger charge is -2.16. The number of nitrogens with one attached hydrogen (secondary N) is 2. The van der Waals surface area contributed by atoms with Gasteiger partial charge in [0.25, 0.3) is 5.91 Å². The fourth-order valence-electron chi connectivity index (χ4n) is 2.80. The highest BCUT2D eigenvalue weighted by Gasteiger charge is 2.16. The minimum atomic E-state index is -0.197. The first kappa shape index (κ1) is 20.7. The summed E-state index contributed by atoms with van der Waals surface area (Å²) in [5.74, 6) is 0.547. The molecule has 4 nitrogen and oxygen atoms in total. The topological polar surface area (TPSA) is 58.2 Å². The summed E-state index contributed by atoms with van der Waals surface area (Å²) in [5.41, 5.74) is 3.99. The number of hydrogen-bond donors (Lipinski definition) is 2. The summed E-state index contributed by atoms with van der Waals surface area (Å²) >= 11 is 1.59. The number of benzene rings is 3. The van der Waals surface area contributed by atoms with Gasteiger partial charge in [0.05, 0.1) is 5.25 Å². The molecular formula is C24H24N2O2S. The van der Waals surface area contributed by atoms with Gasteiger partial charge in [-0.05, 0) is 49.2 Å². The van der Waals surface area contributed by atoms with Crippen LogP contribution in [0, 0.1) is 6.92 Å². The van der Waals surface area contributed by atoms with E-state index in [1.54, 1.807) is 23.9 Å². The van der Waals surface area contributed by atoms with Crippen LogP contribution >= 0.6 is 11.8 Å². The molecule has 1 unspecified atom stereocenters. The minimum absolute atomic E-state index is 0.0550. The number of carbonyl (C=O) groups excluding carboxylic acids is 2. The maximum Gasteiger partial charge on any atom is 0.255 e. The van der Waals surface area contributed by atoms with Gasteiger partial charge in [-0.15, -0.1) is 11.8 Å². The molecule has 148 valence electrons. The molecule has 0 aromatic heterocycles. The molecule has 0 saturated carbocycles. The highest BCUT2D eigenvalue weighted by Crippen LogP contribution is 2.25. The Morgan fingerprint density at radius 3 is 2.07 bits per heavy atom. The molecule has 5 heteroatoms. The van der Waals surface area contributed by atoms with E-state index in [4.69, 9.17) is 0 Å². The van der Waals surface area contributed by atoms with Gasteiger partial charge in [0.1, 0.15) is 0 Å². The fourth-order valence-corrected chi connectivity index (χ4v) is 3.64. The summed E-state index contributed by atoms with van der Waals surface area (Å²) in [4.78, 5) is 25.0. The third-order valence-electron chi connectivity index (χ3n) is 4.59. The second kappa shape index (κ2) is 9.94. The first-order chi connectivity index (χ1) is 14.0. The molecule has 0 fully saturated rings. The molecule has 0 aliphatic rings. The Morgan fingerprint density at radius 1 is 0.828 bits per heavy atom. The van der Waals surface area contributed by atoms with Crippen molar-refractivity contribution in [2.75, 3.05) is 10.6 Å². The third kappa shape index (κ3) is 5.72. The van der Waals surface area contributed by atoms with E-state index in [9.17, 15) is 9.59 Å². The van der Waals surface area contributed by atoms with Crippen LogP contribution < -0.4 is 10.6 Å². The van der Waals surface area contributed by atoms with E-state index in [1.165, 1.54) is 5.56 Å². The number of amides is 2. The highest BCUT2D eigenvalue weighted by molar-refractivity contribution is 7.99. The first-order valence-electron chi connectivity index (χ1n) is 9.47. The van der Waals surface area contributed by atoms with Crippen LogP contribution in [0.2, 0.25) is 0 Å². The van der Waals surface area contributed by atoms with Crippen molar-refractivity contribution in [2.45, 2.75) is 24.9 Å². The second-order valence-electron chi connectivity index (χ2n) is 6.73. The molecule has 1 atom stereocenters. The highest BCUT2D eigenvalue weighted by atomic mass is 32.2. The van der Waals surface area contributed by atoms with Crippen molar-refractivity contribution >= 4 is 35.0 Å². The lowest BCUT2D eigenvalue weighted by Crippen LogP contribution is -2.23. The number of anilines is 2. The van der Waals surface area contributed by atoms with E-state index in [2.05, 4.69) is 22.8 Å². The van der Waals surface area contributed by atoms with E-state index in [1.807, 2.05) is 68.4 Å². The van der Waals surface area contributed by atoms with Crippen molar-refractivity contribution in [2.24, 2.45) is 0 Å². The summed E-state index contributed by atoms with van der Waals surface area (Å²) in [6.07, 6.45) is 0. The summed E-state index contributed by atoms with van der Waals surface area (Å²) in [5, 5.41) is 5.71. The number of rotatable bonds is 7. The van der Waals surface area contributed by atoms with Crippen molar-refractivity contribution in [3.63, 3.8) is 0 Å². The summed E-state index contributed by atoms with van der Waals surface area (Å²) < 4.78 is 0. The van der Waals surface area contributed by atoms with Crippen molar-refractivity contribution < 1.29 is 9.59 Å². The SMILES string of the molecule is Cc1c(NC(=O)c2ccccc2)cccc1NC(=O)C(C)SCc1ccccc1. The number of thioether (sulfide) groups is 1. The fraction of sp³-hybridized carbons (Fsp3) is 0.167. The van der Waals surface area contributed by atoms with Crippen molar-refractivity contribution in [3.05, 3.63) is 95.6 Å². The summed E-state index contributed by atoms with van der Waals surface area (Å²) in [6.45, 7) is 3.79. The average Bonchev–Trinajstić information content (AvgIpc) is 2.76. The minimum Gasteiger partial charge on any atom is -0.325 e. The lowest BCUT2D eigenvalue weighted by molar-refractivity contribution is -0.115. The zero-order valence-electron chi connectivity index (χ0n) is 16.5. The molecule has 0 aliphatic heterocycles. The van der Waals surface area contributed by atoms with Crippen LogP contribution in [0.15, 0.2) is 78.9 Å². The van der Waals surface area contributed by atoms with Crippen LogP contribution in [0.4, 0.5) is 11.4 Å². The number of carbonyl (C=O) groups is 2. The second-order valence-corrected chi connectivity index (χ2v) is 8.06. The number of hydrogen-bond acceptors (Lipinski definition) is 3. The zero-order valence-corrected chi connectivity index (χ0v) is 17.3. The third-order valence-corrected chi connectivity index (χ3v) is 5.80. The first-order valence-corrected chi connectivity index (χ1v) is 10.5. The maximum absolute atomic E-state index is 12.6. The van der Waals surface area contributed by atoms with Crippen LogP contribution in [-0.2, 0) is 10.5 Å². The maximum atomic E-state index is 12.6. The van der Waals surface area contributed by atoms with Gasteiger partial charge in [-0.25, -0.2) is 0 Å². The normalized spacial score (nSPS) is 11.5. The van der Waals surface area contributed by atoms with Crippen molar-refractivity contribution in [1.82, 2.24) is 0 Å². The predicted molar refractivity (Wildman–Crippen MR) is 121 cm³/mol. The van der Waals surface area contributed by atoms with E-state index in [0.717, 1.165) is 11.3 Å². The van der Waals surface area contributed by atoms with Crippen molar-refractivity contribution in [3.8, 4) is 0 Å². The Morgan fingerprint density at radius 2 is 1.41 bits per heavy atom. The Labute approximate surface area is 175 Å². The molecule has 29 heavy (non-hydrogen) atoms. The quantitative estimate of drug-likeness (QED) is 0.546. The Hall–Kier alpha value is -3.05. The Balaban J connectivity index is 1.62. The Bertz CT molecular complexity index is 975. The van der Waals surface area contributed by atoms with Crippen LogP contribution in [0.1, 0.15) is 28.4 Å². The van der Waals surface area contributed by atoms with Gasteiger partial charge in [0, 0.05) is 22.7 Å². The molecule has 3 aromatic carbocycles. The van der Waals surface area contributed by atoms with Crippen LogP contribution in [-0.4, -0.2) is 17.1 Å². The van der Waals surface area contributed by atoms with E-state index < -0.39 is 0 Å². The van der Waals surface area contributed by atoms with Gasteiger partial charge in [0.15, 0.2) is 0 Å². The molecule has 0 aliphatic carbocycles. The molecular weight excluding hydrogens is 380 g/mol. The average molecular weight is 405 g/mol. The van der Waals surface area contributed by atoms with Gasteiger partial charge >= 0.3 is 0 Å². The summed E-state index contributed by atoms with van der Waals surface area (Å²) in [7, 11) is 0. The molecule has 0 spiro atoms. The van der Waals surface area contributed by atoms with Gasteiger partial charge in [0.2, 0.25) is 5.91 Å². The molecule has 3 aromatic rings. The molecule has 0 heterocycles. The molecule has 0 radical (unpaired) electrons. The standard InChI is InChI=1S/C24H24N2O2S/c1-17-21(25-23(27)18(2)29-16-19-10-5-3-6-11-19)14-9-15-22(17)26-24(28)20-12-7-4-8-13-20/h3-15,18H,16H2,1-2H3,(H,25,27)(H,26,28). The van der Waals surface area contributed by atoms with E-state index in [0.29, 0.717) is 16.9 Å². The van der Waals surface area contributed by atoms with Crippen LogP contribution in [0.3, 0.4) is 0 Å². The van der Waals surface area contributed by atoms with Gasteiger partial charge in [-0.2, -0.15) is 0 Å². The van der Waals surface area contributed by atoms with Crippen molar-refractivity contribution in [1.29, 1.82) is 0 Å². The molecule has 0 saturated heterocycles. The largest absolute Gasteiger partial charge is 0.325 e. The smallest absolute Gasteiger partial charge is 0.255 e.